The minimum Gasteiger partial charge on any atom is -0.359 e. The smallest absolute Gasteiger partial charge is 0.175 e. The molecular formula is C15H18N8. The van der Waals surface area contributed by atoms with Gasteiger partial charge in [0.05, 0.1) is 11.7 Å². The van der Waals surface area contributed by atoms with Crippen molar-refractivity contribution in [3.63, 3.8) is 0 Å². The number of rotatable bonds is 4. The van der Waals surface area contributed by atoms with E-state index in [4.69, 9.17) is 0 Å². The fourth-order valence-corrected chi connectivity index (χ4v) is 2.85. The van der Waals surface area contributed by atoms with Crippen LogP contribution in [0.3, 0.4) is 0 Å². The van der Waals surface area contributed by atoms with Crippen molar-refractivity contribution in [1.82, 2.24) is 34.7 Å². The number of hydrogen-bond acceptors (Lipinski definition) is 6. The van der Waals surface area contributed by atoms with Gasteiger partial charge >= 0.3 is 0 Å². The molecule has 0 amide bonds. The third-order valence-corrected chi connectivity index (χ3v) is 4.00. The van der Waals surface area contributed by atoms with E-state index in [9.17, 15) is 0 Å². The number of aryl methyl sites for hydroxylation is 2. The van der Waals surface area contributed by atoms with Gasteiger partial charge in [0.15, 0.2) is 11.6 Å². The zero-order valence-corrected chi connectivity index (χ0v) is 13.1. The van der Waals surface area contributed by atoms with Crippen LogP contribution < -0.4 is 5.32 Å². The molecule has 1 aliphatic rings. The lowest BCUT2D eigenvalue weighted by Crippen LogP contribution is -2.14. The number of anilines is 1. The Labute approximate surface area is 133 Å². The van der Waals surface area contributed by atoms with Crippen molar-refractivity contribution < 1.29 is 0 Å². The second kappa shape index (κ2) is 5.45. The van der Waals surface area contributed by atoms with Gasteiger partial charge in [-0.1, -0.05) is 0 Å². The van der Waals surface area contributed by atoms with Crippen LogP contribution in [0.5, 0.6) is 0 Å². The summed E-state index contributed by atoms with van der Waals surface area (Å²) in [5.74, 6) is 3.43. The Morgan fingerprint density at radius 2 is 2.04 bits per heavy atom. The maximum Gasteiger partial charge on any atom is 0.175 e. The van der Waals surface area contributed by atoms with Crippen molar-refractivity contribution in [3.8, 4) is 5.82 Å². The molecule has 4 rings (SSSR count). The highest BCUT2D eigenvalue weighted by molar-refractivity contribution is 5.38. The summed E-state index contributed by atoms with van der Waals surface area (Å²) in [6.45, 7) is 4.99. The predicted octanol–water partition coefficient (Wildman–Crippen LogP) is 1.68. The second-order valence-electron chi connectivity index (χ2n) is 5.77. The van der Waals surface area contributed by atoms with Crippen molar-refractivity contribution >= 4 is 5.82 Å². The molecule has 0 spiro atoms. The first kappa shape index (κ1) is 13.9. The van der Waals surface area contributed by atoms with E-state index in [1.54, 1.807) is 4.68 Å². The molecule has 0 saturated heterocycles. The molecular weight excluding hydrogens is 292 g/mol. The van der Waals surface area contributed by atoms with Gasteiger partial charge in [-0.05, 0) is 38.5 Å². The second-order valence-corrected chi connectivity index (χ2v) is 5.77. The minimum atomic E-state index is 0.0291. The standard InChI is InChI=1S/C15H18N8/c1-10-7-9-23(21-10)14-6-5-12(17-19-14)16-11(2)15-20-18-13-4-3-8-22(13)15/h5-7,9,11H,3-4,8H2,1-2H3,(H,16,17). The highest BCUT2D eigenvalue weighted by atomic mass is 15.4. The molecule has 0 fully saturated rings. The van der Waals surface area contributed by atoms with Gasteiger partial charge in [-0.15, -0.1) is 20.4 Å². The SMILES string of the molecule is Cc1ccn(-c2ccc(NC(C)c3nnc4n3CCC4)nn2)n1. The molecule has 0 aliphatic carbocycles. The first-order valence-electron chi connectivity index (χ1n) is 7.75. The van der Waals surface area contributed by atoms with Crippen molar-refractivity contribution in [2.45, 2.75) is 39.3 Å². The van der Waals surface area contributed by atoms with Crippen molar-refractivity contribution in [3.05, 3.63) is 41.7 Å². The lowest BCUT2D eigenvalue weighted by molar-refractivity contribution is 0.650. The number of aromatic nitrogens is 7. The van der Waals surface area contributed by atoms with E-state index >= 15 is 0 Å². The molecule has 3 aromatic rings. The minimum absolute atomic E-state index is 0.0291. The predicted molar refractivity (Wildman–Crippen MR) is 84.3 cm³/mol. The molecule has 1 aliphatic heterocycles. The summed E-state index contributed by atoms with van der Waals surface area (Å²) in [4.78, 5) is 0. The highest BCUT2D eigenvalue weighted by Crippen LogP contribution is 2.21. The summed E-state index contributed by atoms with van der Waals surface area (Å²) in [6, 6.07) is 5.75. The topological polar surface area (TPSA) is 86.3 Å². The molecule has 0 radical (unpaired) electrons. The molecule has 1 unspecified atom stereocenters. The average Bonchev–Trinajstić information content (AvgIpc) is 3.24. The lowest BCUT2D eigenvalue weighted by atomic mass is 10.3. The third-order valence-electron chi connectivity index (χ3n) is 4.00. The van der Waals surface area contributed by atoms with Gasteiger partial charge in [-0.25, -0.2) is 4.68 Å². The van der Waals surface area contributed by atoms with E-state index in [0.717, 1.165) is 36.7 Å². The quantitative estimate of drug-likeness (QED) is 0.789. The maximum atomic E-state index is 4.32. The first-order valence-corrected chi connectivity index (χ1v) is 7.75. The summed E-state index contributed by atoms with van der Waals surface area (Å²) in [7, 11) is 0. The van der Waals surface area contributed by atoms with Gasteiger partial charge in [-0.2, -0.15) is 5.10 Å². The van der Waals surface area contributed by atoms with Crippen LogP contribution in [0.2, 0.25) is 0 Å². The molecule has 0 saturated carbocycles. The van der Waals surface area contributed by atoms with Crippen LogP contribution in [-0.2, 0) is 13.0 Å². The van der Waals surface area contributed by atoms with E-state index in [1.165, 1.54) is 0 Å². The van der Waals surface area contributed by atoms with Crippen LogP contribution in [0.4, 0.5) is 5.82 Å². The summed E-state index contributed by atoms with van der Waals surface area (Å²) in [6.07, 6.45) is 4.02. The van der Waals surface area contributed by atoms with Crippen molar-refractivity contribution in [2.24, 2.45) is 0 Å². The molecule has 0 aromatic carbocycles. The summed E-state index contributed by atoms with van der Waals surface area (Å²) in [5, 5.41) is 24.6. The molecule has 0 bridgehead atoms. The van der Waals surface area contributed by atoms with Gasteiger partial charge in [-0.3, -0.25) is 0 Å². The Morgan fingerprint density at radius 1 is 1.13 bits per heavy atom. The van der Waals surface area contributed by atoms with Crippen LogP contribution in [0.25, 0.3) is 5.82 Å². The first-order chi connectivity index (χ1) is 11.2. The zero-order valence-electron chi connectivity index (χ0n) is 13.1. The molecule has 3 aromatic heterocycles. The van der Waals surface area contributed by atoms with Gasteiger partial charge in [0.25, 0.3) is 0 Å². The number of nitrogens with zero attached hydrogens (tertiary/aromatic N) is 7. The summed E-state index contributed by atoms with van der Waals surface area (Å²) < 4.78 is 3.90. The Kier molecular flexibility index (Phi) is 3.29. The molecule has 1 N–H and O–H groups in total. The Balaban J connectivity index is 1.50. The third kappa shape index (κ3) is 2.56. The number of fused-ring (bicyclic) bond motifs is 1. The largest absolute Gasteiger partial charge is 0.359 e. The van der Waals surface area contributed by atoms with Crippen molar-refractivity contribution in [2.75, 3.05) is 5.32 Å². The van der Waals surface area contributed by atoms with E-state index in [2.05, 4.69) is 42.3 Å². The van der Waals surface area contributed by atoms with Crippen LogP contribution >= 0.6 is 0 Å². The normalized spacial score (nSPS) is 14.7. The zero-order chi connectivity index (χ0) is 15.8. The van der Waals surface area contributed by atoms with E-state index in [-0.39, 0.29) is 6.04 Å². The Hall–Kier alpha value is -2.77. The van der Waals surface area contributed by atoms with Gasteiger partial charge < -0.3 is 9.88 Å². The molecule has 118 valence electrons. The van der Waals surface area contributed by atoms with Crippen LogP contribution in [-0.4, -0.2) is 34.7 Å². The maximum absolute atomic E-state index is 4.32. The fourth-order valence-electron chi connectivity index (χ4n) is 2.85. The molecule has 8 heteroatoms. The van der Waals surface area contributed by atoms with Gasteiger partial charge in [0, 0.05) is 19.2 Å². The highest BCUT2D eigenvalue weighted by Gasteiger charge is 2.21. The molecule has 8 nitrogen and oxygen atoms in total. The number of hydrogen-bond donors (Lipinski definition) is 1. The monoisotopic (exact) mass is 310 g/mol. The average molecular weight is 310 g/mol. The van der Waals surface area contributed by atoms with E-state index < -0.39 is 0 Å². The Bertz CT molecular complexity index is 816. The Morgan fingerprint density at radius 3 is 2.78 bits per heavy atom. The fraction of sp³-hybridized carbons (Fsp3) is 0.400. The van der Waals surface area contributed by atoms with Crippen LogP contribution in [0.1, 0.15) is 36.7 Å². The number of nitrogens with one attached hydrogen (secondary N) is 1. The van der Waals surface area contributed by atoms with Crippen LogP contribution in [0.15, 0.2) is 24.4 Å². The van der Waals surface area contributed by atoms with E-state index in [0.29, 0.717) is 11.6 Å². The molecule has 4 heterocycles. The summed E-state index contributed by atoms with van der Waals surface area (Å²) >= 11 is 0. The van der Waals surface area contributed by atoms with Crippen LogP contribution in [0, 0.1) is 6.92 Å². The summed E-state index contributed by atoms with van der Waals surface area (Å²) in [5.41, 5.74) is 0.947. The molecule has 1 atom stereocenters. The van der Waals surface area contributed by atoms with Crippen molar-refractivity contribution in [1.29, 1.82) is 0 Å². The van der Waals surface area contributed by atoms with E-state index in [1.807, 2.05) is 31.3 Å². The molecule has 23 heavy (non-hydrogen) atoms. The lowest BCUT2D eigenvalue weighted by Gasteiger charge is -2.14. The van der Waals surface area contributed by atoms with Gasteiger partial charge in [0.2, 0.25) is 0 Å². The van der Waals surface area contributed by atoms with Gasteiger partial charge in [0.1, 0.15) is 11.6 Å².